The van der Waals surface area contributed by atoms with Crippen molar-refractivity contribution in [2.45, 2.75) is 13.3 Å². The van der Waals surface area contributed by atoms with Crippen LogP contribution in [0.4, 0.5) is 0 Å². The van der Waals surface area contributed by atoms with Crippen LogP contribution in [0, 0.1) is 0 Å². The lowest BCUT2D eigenvalue weighted by Crippen LogP contribution is -2.06. The first kappa shape index (κ1) is 10.8. The molecule has 1 rings (SSSR count). The van der Waals surface area contributed by atoms with E-state index in [4.69, 9.17) is 10.5 Å². The molecule has 2 N–H and O–H groups in total. The fraction of sp³-hybridized carbons (Fsp3) is 0.333. The van der Waals surface area contributed by atoms with Crippen LogP contribution < -0.4 is 10.5 Å². The maximum absolute atomic E-state index is 5.60. The number of benzene rings is 1. The Balaban J connectivity index is 2.68. The molecule has 2 heteroatoms. The molecule has 1 aromatic rings. The van der Waals surface area contributed by atoms with Gasteiger partial charge in [0.1, 0.15) is 12.4 Å². The van der Waals surface area contributed by atoms with E-state index in [0.717, 1.165) is 23.3 Å². The summed E-state index contributed by atoms with van der Waals surface area (Å²) in [6.45, 7) is 6.96. The quantitative estimate of drug-likeness (QED) is 0.724. The van der Waals surface area contributed by atoms with Gasteiger partial charge in [0, 0.05) is 0 Å². The summed E-state index contributed by atoms with van der Waals surface area (Å²) >= 11 is 0. The Kier molecular flexibility index (Phi) is 4.20. The number of para-hydroxylation sites is 1. The van der Waals surface area contributed by atoms with Crippen LogP contribution in [0.15, 0.2) is 36.4 Å². The van der Waals surface area contributed by atoms with E-state index >= 15 is 0 Å². The lowest BCUT2D eigenvalue weighted by Gasteiger charge is -2.10. The number of rotatable bonds is 5. The van der Waals surface area contributed by atoms with Crippen molar-refractivity contribution in [3.8, 4) is 5.75 Å². The van der Waals surface area contributed by atoms with Gasteiger partial charge in [-0.15, -0.1) is 0 Å². The Labute approximate surface area is 85.4 Å². The Morgan fingerprint density at radius 2 is 2.14 bits per heavy atom. The summed E-state index contributed by atoms with van der Waals surface area (Å²) in [6, 6.07) is 7.97. The molecule has 0 saturated carbocycles. The Morgan fingerprint density at radius 3 is 2.79 bits per heavy atom. The molecule has 0 aliphatic rings. The highest BCUT2D eigenvalue weighted by molar-refractivity contribution is 5.33. The SMILES string of the molecule is C=C(C)COc1ccccc1CCN. The summed E-state index contributed by atoms with van der Waals surface area (Å²) in [4.78, 5) is 0. The van der Waals surface area contributed by atoms with Gasteiger partial charge in [0.05, 0.1) is 0 Å². The van der Waals surface area contributed by atoms with E-state index in [0.29, 0.717) is 13.2 Å². The second-order valence-electron chi connectivity index (χ2n) is 3.39. The molecule has 14 heavy (non-hydrogen) atoms. The van der Waals surface area contributed by atoms with Crippen LogP contribution in [0.3, 0.4) is 0 Å². The molecule has 1 aromatic carbocycles. The zero-order valence-corrected chi connectivity index (χ0v) is 8.62. The van der Waals surface area contributed by atoms with Crippen LogP contribution in [0.2, 0.25) is 0 Å². The third-order valence-electron chi connectivity index (χ3n) is 1.86. The van der Waals surface area contributed by atoms with Crippen molar-refractivity contribution < 1.29 is 4.74 Å². The Hall–Kier alpha value is -1.28. The normalized spacial score (nSPS) is 9.86. The van der Waals surface area contributed by atoms with Crippen LogP contribution >= 0.6 is 0 Å². The summed E-state index contributed by atoms with van der Waals surface area (Å²) in [6.07, 6.45) is 0.854. The van der Waals surface area contributed by atoms with E-state index in [-0.39, 0.29) is 0 Å². The highest BCUT2D eigenvalue weighted by atomic mass is 16.5. The van der Waals surface area contributed by atoms with E-state index < -0.39 is 0 Å². The monoisotopic (exact) mass is 191 g/mol. The van der Waals surface area contributed by atoms with Crippen molar-refractivity contribution in [3.05, 3.63) is 42.0 Å². The van der Waals surface area contributed by atoms with Crippen molar-refractivity contribution in [2.75, 3.05) is 13.2 Å². The number of hydrogen-bond acceptors (Lipinski definition) is 2. The molecule has 0 aliphatic heterocycles. The molecule has 0 atom stereocenters. The van der Waals surface area contributed by atoms with E-state index in [1.165, 1.54) is 0 Å². The number of nitrogens with two attached hydrogens (primary N) is 1. The van der Waals surface area contributed by atoms with Gasteiger partial charge in [-0.25, -0.2) is 0 Å². The van der Waals surface area contributed by atoms with Crippen molar-refractivity contribution in [1.29, 1.82) is 0 Å². The summed E-state index contributed by atoms with van der Waals surface area (Å²) in [5.41, 5.74) is 7.70. The smallest absolute Gasteiger partial charge is 0.123 e. The van der Waals surface area contributed by atoms with E-state index in [2.05, 4.69) is 6.58 Å². The predicted molar refractivity (Wildman–Crippen MR) is 59.5 cm³/mol. The minimum Gasteiger partial charge on any atom is -0.489 e. The Morgan fingerprint density at radius 1 is 1.43 bits per heavy atom. The van der Waals surface area contributed by atoms with Crippen LogP contribution in [0.1, 0.15) is 12.5 Å². The molecule has 0 spiro atoms. The molecular weight excluding hydrogens is 174 g/mol. The molecule has 0 fully saturated rings. The second-order valence-corrected chi connectivity index (χ2v) is 3.39. The van der Waals surface area contributed by atoms with Gasteiger partial charge < -0.3 is 10.5 Å². The Bertz CT molecular complexity index is 307. The molecule has 76 valence electrons. The average molecular weight is 191 g/mol. The highest BCUT2D eigenvalue weighted by Gasteiger charge is 2.01. The third-order valence-corrected chi connectivity index (χ3v) is 1.86. The molecule has 0 unspecified atom stereocenters. The van der Waals surface area contributed by atoms with Crippen LogP contribution in [-0.4, -0.2) is 13.2 Å². The lowest BCUT2D eigenvalue weighted by atomic mass is 10.1. The molecule has 0 saturated heterocycles. The van der Waals surface area contributed by atoms with E-state index in [9.17, 15) is 0 Å². The minimum absolute atomic E-state index is 0.571. The first-order valence-electron chi connectivity index (χ1n) is 4.79. The van der Waals surface area contributed by atoms with Gasteiger partial charge in [0.15, 0.2) is 0 Å². The first-order chi connectivity index (χ1) is 6.74. The van der Waals surface area contributed by atoms with Crippen molar-refractivity contribution in [3.63, 3.8) is 0 Å². The molecule has 0 aromatic heterocycles. The van der Waals surface area contributed by atoms with Crippen LogP contribution in [0.25, 0.3) is 0 Å². The number of hydrogen-bond donors (Lipinski definition) is 1. The topological polar surface area (TPSA) is 35.2 Å². The molecular formula is C12H17NO. The van der Waals surface area contributed by atoms with Gasteiger partial charge in [0.2, 0.25) is 0 Å². The average Bonchev–Trinajstić information content (AvgIpc) is 2.17. The van der Waals surface area contributed by atoms with Crippen molar-refractivity contribution in [1.82, 2.24) is 0 Å². The van der Waals surface area contributed by atoms with Crippen molar-refractivity contribution >= 4 is 0 Å². The molecule has 0 heterocycles. The van der Waals surface area contributed by atoms with Gasteiger partial charge in [-0.05, 0) is 37.1 Å². The first-order valence-corrected chi connectivity index (χ1v) is 4.79. The van der Waals surface area contributed by atoms with E-state index in [1.54, 1.807) is 0 Å². The molecule has 0 radical (unpaired) electrons. The lowest BCUT2D eigenvalue weighted by molar-refractivity contribution is 0.349. The zero-order chi connectivity index (χ0) is 10.4. The fourth-order valence-electron chi connectivity index (χ4n) is 1.21. The largest absolute Gasteiger partial charge is 0.489 e. The third kappa shape index (κ3) is 3.23. The zero-order valence-electron chi connectivity index (χ0n) is 8.62. The minimum atomic E-state index is 0.571. The maximum Gasteiger partial charge on any atom is 0.123 e. The van der Waals surface area contributed by atoms with Gasteiger partial charge in [-0.1, -0.05) is 24.8 Å². The fourth-order valence-corrected chi connectivity index (χ4v) is 1.21. The molecule has 0 amide bonds. The van der Waals surface area contributed by atoms with E-state index in [1.807, 2.05) is 31.2 Å². The van der Waals surface area contributed by atoms with Gasteiger partial charge in [-0.3, -0.25) is 0 Å². The predicted octanol–water partition coefficient (Wildman–Crippen LogP) is 2.14. The second kappa shape index (κ2) is 5.45. The van der Waals surface area contributed by atoms with Crippen molar-refractivity contribution in [2.24, 2.45) is 5.73 Å². The summed E-state index contributed by atoms with van der Waals surface area (Å²) in [5, 5.41) is 0. The van der Waals surface area contributed by atoms with Crippen LogP contribution in [-0.2, 0) is 6.42 Å². The summed E-state index contributed by atoms with van der Waals surface area (Å²) in [7, 11) is 0. The molecule has 0 aliphatic carbocycles. The molecule has 2 nitrogen and oxygen atoms in total. The highest BCUT2D eigenvalue weighted by Crippen LogP contribution is 2.18. The van der Waals surface area contributed by atoms with Crippen LogP contribution in [0.5, 0.6) is 5.75 Å². The van der Waals surface area contributed by atoms with Gasteiger partial charge in [0.25, 0.3) is 0 Å². The van der Waals surface area contributed by atoms with Gasteiger partial charge >= 0.3 is 0 Å². The summed E-state index contributed by atoms with van der Waals surface area (Å²) in [5.74, 6) is 0.918. The van der Waals surface area contributed by atoms with Gasteiger partial charge in [-0.2, -0.15) is 0 Å². The standard InChI is InChI=1S/C12H17NO/c1-10(2)9-14-12-6-4-3-5-11(12)7-8-13/h3-6H,1,7-9,13H2,2H3. The number of ether oxygens (including phenoxy) is 1. The summed E-state index contributed by atoms with van der Waals surface area (Å²) < 4.78 is 5.60. The molecule has 0 bridgehead atoms. The maximum atomic E-state index is 5.60.